The first-order valence-electron chi connectivity index (χ1n) is 9.98. The molecule has 0 aliphatic carbocycles. The lowest BCUT2D eigenvalue weighted by Crippen LogP contribution is -2.57. The summed E-state index contributed by atoms with van der Waals surface area (Å²) >= 11 is 0. The van der Waals surface area contributed by atoms with E-state index < -0.39 is 41.5 Å². The Balaban J connectivity index is 1.84. The summed E-state index contributed by atoms with van der Waals surface area (Å²) in [5.41, 5.74) is 7.87. The molecule has 0 radical (unpaired) electrons. The maximum atomic E-state index is 13.5. The molecule has 0 spiro atoms. The molecular formula is C23H28F2N2O3. The molecule has 0 aromatic heterocycles. The normalized spacial score (nSPS) is 18.5. The van der Waals surface area contributed by atoms with E-state index >= 15 is 0 Å². The van der Waals surface area contributed by atoms with Crippen LogP contribution in [0.4, 0.5) is 13.6 Å². The molecule has 0 bridgehead atoms. The second-order valence-corrected chi connectivity index (χ2v) is 8.78. The minimum Gasteiger partial charge on any atom is -0.444 e. The molecule has 1 heterocycles. The molecule has 162 valence electrons. The predicted octanol–water partition coefficient (Wildman–Crippen LogP) is 3.56. The Kier molecular flexibility index (Phi) is 6.43. The van der Waals surface area contributed by atoms with Gasteiger partial charge in [-0.05, 0) is 62.4 Å². The van der Waals surface area contributed by atoms with Crippen LogP contribution in [-0.4, -0.2) is 39.9 Å². The molecule has 7 heteroatoms. The highest BCUT2D eigenvalue weighted by Crippen LogP contribution is 2.28. The summed E-state index contributed by atoms with van der Waals surface area (Å²) in [7, 11) is 0. The van der Waals surface area contributed by atoms with Gasteiger partial charge in [0, 0.05) is 18.7 Å². The number of nitrogens with zero attached hydrogens (tertiary/aromatic N) is 1. The molecule has 2 aromatic rings. The molecule has 2 aromatic carbocycles. The van der Waals surface area contributed by atoms with E-state index in [0.717, 1.165) is 17.2 Å². The molecule has 1 aliphatic heterocycles. The second-order valence-electron chi connectivity index (χ2n) is 8.78. The van der Waals surface area contributed by atoms with Gasteiger partial charge in [0.05, 0.1) is 12.1 Å². The van der Waals surface area contributed by atoms with Crippen LogP contribution < -0.4 is 5.73 Å². The van der Waals surface area contributed by atoms with Gasteiger partial charge >= 0.3 is 6.09 Å². The second kappa shape index (κ2) is 8.70. The molecule has 3 rings (SSSR count). The van der Waals surface area contributed by atoms with Crippen LogP contribution in [0, 0.1) is 11.6 Å². The standard InChI is InChI=1S/C23H28F2N2O3/c1-23(2,3)30-22(29)27-13-16-7-5-4-6-15(16)11-20(27)21(28)19(26)10-14-8-17(24)12-18(25)9-14/h4-9,12,19-21,28H,10-11,13,26H2,1-3H3/t19-,20+,21-/m0/s1. The number of hydrogen-bond donors (Lipinski definition) is 2. The van der Waals surface area contributed by atoms with Crippen LogP contribution in [-0.2, 0) is 24.1 Å². The molecule has 0 saturated heterocycles. The van der Waals surface area contributed by atoms with Gasteiger partial charge < -0.3 is 15.6 Å². The number of rotatable bonds is 4. The third kappa shape index (κ3) is 5.34. The van der Waals surface area contributed by atoms with Gasteiger partial charge in [0.2, 0.25) is 0 Å². The van der Waals surface area contributed by atoms with Gasteiger partial charge in [-0.25, -0.2) is 13.6 Å². The highest BCUT2D eigenvalue weighted by atomic mass is 19.1. The van der Waals surface area contributed by atoms with E-state index in [0.29, 0.717) is 12.0 Å². The number of ether oxygens (including phenoxy) is 1. The molecular weight excluding hydrogens is 390 g/mol. The zero-order chi connectivity index (χ0) is 22.1. The van der Waals surface area contributed by atoms with Crippen LogP contribution in [0.2, 0.25) is 0 Å². The van der Waals surface area contributed by atoms with Crippen LogP contribution in [0.1, 0.15) is 37.5 Å². The molecule has 3 N–H and O–H groups in total. The highest BCUT2D eigenvalue weighted by molar-refractivity contribution is 5.69. The highest BCUT2D eigenvalue weighted by Gasteiger charge is 2.38. The zero-order valence-electron chi connectivity index (χ0n) is 17.4. The van der Waals surface area contributed by atoms with Gasteiger partial charge in [0.25, 0.3) is 0 Å². The third-order valence-corrected chi connectivity index (χ3v) is 5.14. The number of benzene rings is 2. The van der Waals surface area contributed by atoms with E-state index in [1.807, 2.05) is 24.3 Å². The van der Waals surface area contributed by atoms with E-state index in [1.165, 1.54) is 17.0 Å². The van der Waals surface area contributed by atoms with Crippen molar-refractivity contribution >= 4 is 6.09 Å². The van der Waals surface area contributed by atoms with Gasteiger partial charge in [-0.2, -0.15) is 0 Å². The summed E-state index contributed by atoms with van der Waals surface area (Å²) in [5.74, 6) is -1.40. The number of aliphatic hydroxyl groups excluding tert-OH is 1. The first kappa shape index (κ1) is 22.2. The molecule has 1 aliphatic rings. The fourth-order valence-electron chi connectivity index (χ4n) is 3.78. The quantitative estimate of drug-likeness (QED) is 0.796. The number of fused-ring (bicyclic) bond motifs is 1. The van der Waals surface area contributed by atoms with Gasteiger partial charge in [0.15, 0.2) is 0 Å². The first-order valence-corrected chi connectivity index (χ1v) is 9.98. The number of amides is 1. The van der Waals surface area contributed by atoms with Crippen molar-refractivity contribution < 1.29 is 23.4 Å². The molecule has 1 amide bonds. The predicted molar refractivity (Wildman–Crippen MR) is 110 cm³/mol. The maximum absolute atomic E-state index is 13.5. The van der Waals surface area contributed by atoms with Crippen molar-refractivity contribution in [3.63, 3.8) is 0 Å². The van der Waals surface area contributed by atoms with Crippen LogP contribution in [0.5, 0.6) is 0 Å². The van der Waals surface area contributed by atoms with E-state index in [1.54, 1.807) is 20.8 Å². The SMILES string of the molecule is CC(C)(C)OC(=O)N1Cc2ccccc2C[C@@H]1[C@@H](O)[C@@H](N)Cc1cc(F)cc(F)c1. The van der Waals surface area contributed by atoms with Gasteiger partial charge in [0.1, 0.15) is 17.2 Å². The van der Waals surface area contributed by atoms with Gasteiger partial charge in [-0.1, -0.05) is 24.3 Å². The topological polar surface area (TPSA) is 75.8 Å². The largest absolute Gasteiger partial charge is 0.444 e. The van der Waals surface area contributed by atoms with Crippen LogP contribution in [0.25, 0.3) is 0 Å². The first-order chi connectivity index (χ1) is 14.0. The van der Waals surface area contributed by atoms with Crippen molar-refractivity contribution in [2.45, 2.75) is 63.9 Å². The smallest absolute Gasteiger partial charge is 0.410 e. The Morgan fingerprint density at radius 1 is 1.20 bits per heavy atom. The van der Waals surface area contributed by atoms with E-state index in [2.05, 4.69) is 0 Å². The number of halogens is 2. The summed E-state index contributed by atoms with van der Waals surface area (Å²) in [4.78, 5) is 14.4. The van der Waals surface area contributed by atoms with Gasteiger partial charge in [-0.15, -0.1) is 0 Å². The Labute approximate surface area is 175 Å². The van der Waals surface area contributed by atoms with Crippen LogP contribution in [0.15, 0.2) is 42.5 Å². The monoisotopic (exact) mass is 418 g/mol. The summed E-state index contributed by atoms with van der Waals surface area (Å²) in [6.45, 7) is 5.61. The minimum atomic E-state index is -1.11. The lowest BCUT2D eigenvalue weighted by molar-refractivity contribution is -0.0171. The number of carbonyl (C=O) groups excluding carboxylic acids is 1. The molecule has 3 atom stereocenters. The van der Waals surface area contributed by atoms with Gasteiger partial charge in [-0.3, -0.25) is 4.90 Å². The minimum absolute atomic E-state index is 0.0656. The average Bonchev–Trinajstić information content (AvgIpc) is 2.64. The van der Waals surface area contributed by atoms with E-state index in [-0.39, 0.29) is 13.0 Å². The molecule has 30 heavy (non-hydrogen) atoms. The van der Waals surface area contributed by atoms with Crippen molar-refractivity contribution in [3.8, 4) is 0 Å². The fraction of sp³-hybridized carbons (Fsp3) is 0.435. The number of aliphatic hydroxyl groups is 1. The number of nitrogens with two attached hydrogens (primary N) is 1. The van der Waals surface area contributed by atoms with Crippen molar-refractivity contribution in [2.75, 3.05) is 0 Å². The number of carbonyl (C=O) groups is 1. The average molecular weight is 418 g/mol. The Bertz CT molecular complexity index is 893. The molecule has 0 unspecified atom stereocenters. The Hall–Kier alpha value is -2.51. The molecule has 0 fully saturated rings. The summed E-state index contributed by atoms with van der Waals surface area (Å²) < 4.78 is 32.6. The van der Waals surface area contributed by atoms with Crippen molar-refractivity contribution in [2.24, 2.45) is 5.73 Å². The fourth-order valence-corrected chi connectivity index (χ4v) is 3.78. The third-order valence-electron chi connectivity index (χ3n) is 5.14. The Morgan fingerprint density at radius 2 is 1.80 bits per heavy atom. The summed E-state index contributed by atoms with van der Waals surface area (Å²) in [5, 5.41) is 11.0. The van der Waals surface area contributed by atoms with E-state index in [4.69, 9.17) is 10.5 Å². The molecule has 0 saturated carbocycles. The molecule has 5 nitrogen and oxygen atoms in total. The van der Waals surface area contributed by atoms with Crippen LogP contribution >= 0.6 is 0 Å². The van der Waals surface area contributed by atoms with Crippen LogP contribution in [0.3, 0.4) is 0 Å². The van der Waals surface area contributed by atoms with Crippen molar-refractivity contribution in [1.82, 2.24) is 4.90 Å². The Morgan fingerprint density at radius 3 is 2.40 bits per heavy atom. The van der Waals surface area contributed by atoms with E-state index in [9.17, 15) is 18.7 Å². The lowest BCUT2D eigenvalue weighted by atomic mass is 9.87. The zero-order valence-corrected chi connectivity index (χ0v) is 17.4. The lowest BCUT2D eigenvalue weighted by Gasteiger charge is -2.41. The maximum Gasteiger partial charge on any atom is 0.410 e. The van der Waals surface area contributed by atoms with Crippen molar-refractivity contribution in [1.29, 1.82) is 0 Å². The summed E-state index contributed by atoms with van der Waals surface area (Å²) in [6, 6.07) is 9.41. The summed E-state index contributed by atoms with van der Waals surface area (Å²) in [6.07, 6.45) is -1.18. The number of hydrogen-bond acceptors (Lipinski definition) is 4. The van der Waals surface area contributed by atoms with Crippen molar-refractivity contribution in [3.05, 3.63) is 70.8 Å².